The van der Waals surface area contributed by atoms with Crippen LogP contribution in [0.15, 0.2) is 0 Å². The van der Waals surface area contributed by atoms with E-state index in [-0.39, 0.29) is 42.0 Å². The van der Waals surface area contributed by atoms with Gasteiger partial charge in [0, 0.05) is 38.2 Å². The van der Waals surface area contributed by atoms with E-state index in [1.54, 1.807) is 0 Å². The van der Waals surface area contributed by atoms with Gasteiger partial charge in [0.25, 0.3) is 0 Å². The summed E-state index contributed by atoms with van der Waals surface area (Å²) >= 11 is 3.87. The van der Waals surface area contributed by atoms with Gasteiger partial charge < -0.3 is 36.8 Å². The molecule has 0 aromatic carbocycles. The van der Waals surface area contributed by atoms with E-state index < -0.39 is 42.4 Å². The SMILES string of the molecule is N[C@@H](CCC(=O)N[C@@H](CS)C(=O)NCC(=O)O)C(=O)O.O=C(CCCO)SSC(=O)CCCO. The number of carbonyl (C=O) groups is 6. The Bertz CT molecular complexity index is 662. The van der Waals surface area contributed by atoms with Crippen LogP contribution in [0.25, 0.3) is 0 Å². The van der Waals surface area contributed by atoms with Crippen LogP contribution in [0.2, 0.25) is 0 Å². The van der Waals surface area contributed by atoms with E-state index in [0.717, 1.165) is 21.6 Å². The molecular weight excluding hydrogens is 514 g/mol. The smallest absolute Gasteiger partial charge is 0.322 e. The largest absolute Gasteiger partial charge is 0.480 e. The molecule has 196 valence electrons. The van der Waals surface area contributed by atoms with E-state index in [4.69, 9.17) is 26.2 Å². The Labute approximate surface area is 209 Å². The van der Waals surface area contributed by atoms with Gasteiger partial charge in [-0.05, 0) is 40.9 Å². The van der Waals surface area contributed by atoms with Gasteiger partial charge in [-0.15, -0.1) is 0 Å². The molecule has 8 N–H and O–H groups in total. The molecule has 0 radical (unpaired) electrons. The van der Waals surface area contributed by atoms with E-state index in [9.17, 15) is 28.8 Å². The Kier molecular flexibility index (Phi) is 21.9. The third-order valence-electron chi connectivity index (χ3n) is 3.55. The number of hydrogen-bond acceptors (Lipinski definition) is 12. The van der Waals surface area contributed by atoms with Crippen molar-refractivity contribution in [3.05, 3.63) is 0 Å². The zero-order valence-corrected chi connectivity index (χ0v) is 20.8. The van der Waals surface area contributed by atoms with Crippen LogP contribution >= 0.6 is 34.2 Å². The fraction of sp³-hybridized carbons (Fsp3) is 0.667. The minimum Gasteiger partial charge on any atom is -0.480 e. The summed E-state index contributed by atoms with van der Waals surface area (Å²) in [6.45, 7) is -0.576. The van der Waals surface area contributed by atoms with Crippen LogP contribution in [-0.2, 0) is 28.8 Å². The van der Waals surface area contributed by atoms with Crippen LogP contribution in [0.4, 0.5) is 0 Å². The molecule has 0 aromatic rings. The van der Waals surface area contributed by atoms with Crippen LogP contribution in [-0.4, -0.2) is 92.0 Å². The summed E-state index contributed by atoms with van der Waals surface area (Å²) in [7, 11) is 1.82. The van der Waals surface area contributed by atoms with Crippen LogP contribution in [0.5, 0.6) is 0 Å². The Morgan fingerprint density at radius 1 is 0.882 bits per heavy atom. The molecule has 34 heavy (non-hydrogen) atoms. The van der Waals surface area contributed by atoms with Crippen molar-refractivity contribution in [2.45, 2.75) is 50.6 Å². The van der Waals surface area contributed by atoms with Gasteiger partial charge in [0.1, 0.15) is 18.6 Å². The topological polar surface area (TPSA) is 233 Å². The van der Waals surface area contributed by atoms with Crippen molar-refractivity contribution >= 4 is 68.2 Å². The number of amides is 2. The number of carboxylic acid groups (broad SMARTS) is 2. The molecule has 0 aromatic heterocycles. The van der Waals surface area contributed by atoms with Crippen LogP contribution < -0.4 is 16.4 Å². The fourth-order valence-corrected chi connectivity index (χ4v) is 3.74. The third kappa shape index (κ3) is 20.7. The second kappa shape index (κ2) is 21.7. The summed E-state index contributed by atoms with van der Waals surface area (Å²) in [5, 5.41) is 38.1. The second-order valence-corrected chi connectivity index (χ2v) is 9.07. The molecule has 0 heterocycles. The average Bonchev–Trinajstić information content (AvgIpc) is 2.80. The van der Waals surface area contributed by atoms with Crippen molar-refractivity contribution in [2.24, 2.45) is 5.73 Å². The van der Waals surface area contributed by atoms with Gasteiger partial charge in [-0.1, -0.05) is 0 Å². The Hall–Kier alpha value is -1.85. The highest BCUT2D eigenvalue weighted by molar-refractivity contribution is 8.87. The number of hydrogen-bond donors (Lipinski definition) is 8. The third-order valence-corrected chi connectivity index (χ3v) is 6.15. The number of nitrogens with one attached hydrogen (secondary N) is 2. The number of aliphatic hydroxyl groups is 2. The highest BCUT2D eigenvalue weighted by atomic mass is 33.1. The molecular formula is C18H31N3O10S3. The average molecular weight is 546 g/mol. The van der Waals surface area contributed by atoms with Crippen LogP contribution in [0.1, 0.15) is 38.5 Å². The monoisotopic (exact) mass is 545 g/mol. The maximum absolute atomic E-state index is 11.5. The maximum atomic E-state index is 11.5. The molecule has 2 amide bonds. The molecule has 0 bridgehead atoms. The zero-order chi connectivity index (χ0) is 26.5. The molecule has 13 nitrogen and oxygen atoms in total. The highest BCUT2D eigenvalue weighted by Gasteiger charge is 2.21. The van der Waals surface area contributed by atoms with Gasteiger partial charge in [-0.25, -0.2) is 0 Å². The normalized spacial score (nSPS) is 11.9. The van der Waals surface area contributed by atoms with E-state index in [1.165, 1.54) is 0 Å². The van der Waals surface area contributed by atoms with Crippen molar-refractivity contribution in [3.8, 4) is 0 Å². The lowest BCUT2D eigenvalue weighted by atomic mass is 10.1. The quantitative estimate of drug-likeness (QED) is 0.0889. The maximum Gasteiger partial charge on any atom is 0.322 e. The van der Waals surface area contributed by atoms with Gasteiger partial charge in [-0.2, -0.15) is 12.6 Å². The van der Waals surface area contributed by atoms with Crippen molar-refractivity contribution < 1.29 is 49.2 Å². The summed E-state index contributed by atoms with van der Waals surface area (Å²) in [6.07, 6.45) is 1.23. The predicted octanol–water partition coefficient (Wildman–Crippen LogP) is -1.24. The molecule has 2 atom stereocenters. The van der Waals surface area contributed by atoms with E-state index >= 15 is 0 Å². The molecule has 0 aliphatic rings. The van der Waals surface area contributed by atoms with Crippen LogP contribution in [0.3, 0.4) is 0 Å². The molecule has 0 unspecified atom stereocenters. The number of carbonyl (C=O) groups excluding carboxylic acids is 4. The first-order valence-corrected chi connectivity index (χ1v) is 12.8. The molecule has 0 rings (SSSR count). The summed E-state index contributed by atoms with van der Waals surface area (Å²) < 4.78 is 0. The molecule has 0 saturated heterocycles. The first-order valence-electron chi connectivity index (χ1n) is 9.98. The van der Waals surface area contributed by atoms with E-state index in [0.29, 0.717) is 25.7 Å². The standard InChI is InChI=1S/C10H17N3O6S.C8H14O4S2/c11-5(10(18)19)1-2-7(14)13-6(4-20)9(17)12-3-8(15)16;9-5-1-3-7(11)13-14-8(12)4-2-6-10/h5-6,20H,1-4,11H2,(H,12,17)(H,13,14)(H,15,16)(H,18,19);9-10H,1-6H2/t5-,6-;/m0./s1. The van der Waals surface area contributed by atoms with Crippen molar-refractivity contribution in [3.63, 3.8) is 0 Å². The van der Waals surface area contributed by atoms with E-state index in [1.807, 2.05) is 0 Å². The van der Waals surface area contributed by atoms with Crippen molar-refractivity contribution in [1.82, 2.24) is 10.6 Å². The summed E-state index contributed by atoms with van der Waals surface area (Å²) in [6, 6.07) is -2.15. The molecule has 0 fully saturated rings. The Balaban J connectivity index is 0. The number of carboxylic acids is 2. The van der Waals surface area contributed by atoms with Crippen molar-refractivity contribution in [1.29, 1.82) is 0 Å². The first kappa shape index (κ1) is 34.3. The summed E-state index contributed by atoms with van der Waals surface area (Å²) in [4.78, 5) is 65.8. The number of aliphatic hydroxyl groups excluding tert-OH is 2. The molecule has 0 saturated carbocycles. The molecule has 0 aliphatic heterocycles. The van der Waals surface area contributed by atoms with Gasteiger partial charge in [-0.3, -0.25) is 28.8 Å². The molecule has 0 spiro atoms. The summed E-state index contributed by atoms with van der Waals surface area (Å²) in [5.41, 5.74) is 5.23. The van der Waals surface area contributed by atoms with Gasteiger partial charge in [0.05, 0.1) is 0 Å². The zero-order valence-electron chi connectivity index (χ0n) is 18.3. The highest BCUT2D eigenvalue weighted by Crippen LogP contribution is 2.26. The van der Waals surface area contributed by atoms with E-state index in [2.05, 4.69) is 23.3 Å². The number of thiol groups is 1. The minimum atomic E-state index is -1.22. The van der Waals surface area contributed by atoms with Gasteiger partial charge in [0.15, 0.2) is 10.2 Å². The Morgan fingerprint density at radius 2 is 1.38 bits per heavy atom. The van der Waals surface area contributed by atoms with Gasteiger partial charge >= 0.3 is 11.9 Å². The predicted molar refractivity (Wildman–Crippen MR) is 129 cm³/mol. The fourth-order valence-electron chi connectivity index (χ4n) is 1.78. The number of rotatable bonds is 15. The molecule has 0 aliphatic carbocycles. The lowest BCUT2D eigenvalue weighted by Gasteiger charge is -2.16. The molecule has 16 heteroatoms. The minimum absolute atomic E-state index is 0.00454. The Morgan fingerprint density at radius 3 is 1.76 bits per heavy atom. The van der Waals surface area contributed by atoms with Gasteiger partial charge in [0.2, 0.25) is 11.8 Å². The van der Waals surface area contributed by atoms with Crippen LogP contribution in [0, 0.1) is 0 Å². The number of nitrogens with two attached hydrogens (primary N) is 1. The first-order chi connectivity index (χ1) is 16.0. The summed E-state index contributed by atoms with van der Waals surface area (Å²) in [5.74, 6) is -3.70. The lowest BCUT2D eigenvalue weighted by Crippen LogP contribution is -2.49. The number of aliphatic carboxylic acids is 2. The van der Waals surface area contributed by atoms with Crippen molar-refractivity contribution in [2.75, 3.05) is 25.5 Å². The second-order valence-electron chi connectivity index (χ2n) is 6.46. The lowest BCUT2D eigenvalue weighted by molar-refractivity contribution is -0.139.